The highest BCUT2D eigenvalue weighted by molar-refractivity contribution is 6.41. The molecule has 0 N–H and O–H groups in total. The van der Waals surface area contributed by atoms with E-state index in [2.05, 4.69) is 49.8 Å². The lowest BCUT2D eigenvalue weighted by Gasteiger charge is -2.38. The minimum atomic E-state index is -0.0681. The molecule has 0 heterocycles. The zero-order chi connectivity index (χ0) is 11.7. The third-order valence-corrected chi connectivity index (χ3v) is 4.35. The molecule has 0 bridgehead atoms. The molecule has 0 amide bonds. The quantitative estimate of drug-likeness (QED) is 0.438. The molecule has 3 heteroatoms. The third-order valence-electron chi connectivity index (χ3n) is 3.10. The molecule has 0 spiro atoms. The van der Waals surface area contributed by atoms with Crippen molar-refractivity contribution in [3.05, 3.63) is 12.3 Å². The molecule has 0 aromatic heterocycles. The van der Waals surface area contributed by atoms with Crippen molar-refractivity contribution in [2.45, 2.75) is 39.9 Å². The average molecular weight is 228 g/mol. The van der Waals surface area contributed by atoms with E-state index < -0.39 is 0 Å². The van der Waals surface area contributed by atoms with Crippen LogP contribution in [0.1, 0.15) is 27.7 Å². The molecule has 0 fully saturated rings. The van der Waals surface area contributed by atoms with Gasteiger partial charge in [0.25, 0.3) is 0 Å². The Morgan fingerprint density at radius 2 is 1.40 bits per heavy atom. The van der Waals surface area contributed by atoms with Crippen molar-refractivity contribution < 1.29 is 0 Å². The average Bonchev–Trinajstić information content (AvgIpc) is 2.28. The molecule has 0 aromatic rings. The fourth-order valence-electron chi connectivity index (χ4n) is 2.15. The van der Waals surface area contributed by atoms with Crippen LogP contribution in [0, 0.1) is 0 Å². The molecular weight excluding hydrogens is 200 g/mol. The highest BCUT2D eigenvalue weighted by Gasteiger charge is 2.19. The predicted molar refractivity (Wildman–Crippen MR) is 73.2 cm³/mol. The standard InChI is InChI=1S/C12H28N2Si/c1-6-13(7-2)12(11-15-10-5)14(8-3)9-4/h10,12H,5-9,11,15H2,1-4H3. The second-order valence-electron chi connectivity index (χ2n) is 3.79. The second-order valence-corrected chi connectivity index (χ2v) is 5.52. The zero-order valence-corrected chi connectivity index (χ0v) is 12.4. The highest BCUT2D eigenvalue weighted by Crippen LogP contribution is 2.10. The first-order valence-corrected chi connectivity index (χ1v) is 8.15. The Hall–Kier alpha value is -0.123. The Bertz CT molecular complexity index is 142. The summed E-state index contributed by atoms with van der Waals surface area (Å²) in [6, 6.07) is 1.34. The summed E-state index contributed by atoms with van der Waals surface area (Å²) in [6.45, 7) is 17.5. The summed E-state index contributed by atoms with van der Waals surface area (Å²) >= 11 is 0. The minimum Gasteiger partial charge on any atom is -0.289 e. The van der Waals surface area contributed by atoms with E-state index in [9.17, 15) is 0 Å². The molecule has 90 valence electrons. The van der Waals surface area contributed by atoms with Gasteiger partial charge >= 0.3 is 0 Å². The van der Waals surface area contributed by atoms with Gasteiger partial charge in [-0.25, -0.2) is 0 Å². The predicted octanol–water partition coefficient (Wildman–Crippen LogP) is 1.73. The molecule has 2 nitrogen and oxygen atoms in total. The van der Waals surface area contributed by atoms with Gasteiger partial charge in [-0.2, -0.15) is 0 Å². The smallest absolute Gasteiger partial charge is 0.0595 e. The topological polar surface area (TPSA) is 6.48 Å². The molecule has 0 aliphatic heterocycles. The molecule has 0 saturated carbocycles. The molecule has 0 aliphatic rings. The SMILES string of the molecule is C=C[SiH2]CC(N(CC)CC)N(CC)CC. The number of nitrogens with zero attached hydrogens (tertiary/aromatic N) is 2. The van der Waals surface area contributed by atoms with Crippen LogP contribution in [0.25, 0.3) is 0 Å². The van der Waals surface area contributed by atoms with E-state index in [1.54, 1.807) is 0 Å². The monoisotopic (exact) mass is 228 g/mol. The molecule has 0 radical (unpaired) electrons. The highest BCUT2D eigenvalue weighted by atomic mass is 28.2. The summed E-state index contributed by atoms with van der Waals surface area (Å²) in [5, 5.41) is 0. The number of hydrogen-bond acceptors (Lipinski definition) is 2. The van der Waals surface area contributed by atoms with Crippen LogP contribution in [-0.4, -0.2) is 51.7 Å². The molecular formula is C12H28N2Si. The van der Waals surface area contributed by atoms with Crippen molar-refractivity contribution in [3.8, 4) is 0 Å². The van der Waals surface area contributed by atoms with Gasteiger partial charge < -0.3 is 0 Å². The first-order valence-electron chi connectivity index (χ1n) is 6.33. The van der Waals surface area contributed by atoms with Crippen LogP contribution < -0.4 is 0 Å². The maximum absolute atomic E-state index is 3.88. The van der Waals surface area contributed by atoms with Gasteiger partial charge in [0.2, 0.25) is 0 Å². The maximum Gasteiger partial charge on any atom is 0.0595 e. The fraction of sp³-hybridized carbons (Fsp3) is 0.833. The largest absolute Gasteiger partial charge is 0.289 e. The van der Waals surface area contributed by atoms with Crippen molar-refractivity contribution in [1.82, 2.24) is 9.80 Å². The lowest BCUT2D eigenvalue weighted by atomic mass is 10.3. The molecule has 0 unspecified atom stereocenters. The summed E-state index contributed by atoms with van der Waals surface area (Å²) in [6.07, 6.45) is 0.652. The van der Waals surface area contributed by atoms with E-state index in [1.165, 1.54) is 6.04 Å². The Kier molecular flexibility index (Phi) is 9.05. The van der Waals surface area contributed by atoms with Gasteiger partial charge in [-0.1, -0.05) is 27.7 Å². The van der Waals surface area contributed by atoms with Crippen LogP contribution in [0.4, 0.5) is 0 Å². The fourth-order valence-corrected chi connectivity index (χ4v) is 3.42. The van der Waals surface area contributed by atoms with Crippen LogP contribution in [0.5, 0.6) is 0 Å². The zero-order valence-electron chi connectivity index (χ0n) is 11.0. The number of hydrogen-bond donors (Lipinski definition) is 0. The summed E-state index contributed by atoms with van der Waals surface area (Å²) < 4.78 is 0. The Morgan fingerprint density at radius 3 is 1.67 bits per heavy atom. The maximum atomic E-state index is 3.88. The van der Waals surface area contributed by atoms with Gasteiger partial charge in [0.05, 0.1) is 6.17 Å². The molecule has 0 atom stereocenters. The summed E-state index contributed by atoms with van der Waals surface area (Å²) in [7, 11) is -0.0681. The number of rotatable bonds is 9. The molecule has 0 rings (SSSR count). The Morgan fingerprint density at radius 1 is 1.00 bits per heavy atom. The van der Waals surface area contributed by atoms with Crippen LogP contribution in [0.2, 0.25) is 6.04 Å². The summed E-state index contributed by atoms with van der Waals surface area (Å²) in [5.74, 6) is 0. The third kappa shape index (κ3) is 4.95. The van der Waals surface area contributed by atoms with Crippen LogP contribution >= 0.6 is 0 Å². The van der Waals surface area contributed by atoms with E-state index >= 15 is 0 Å². The molecule has 15 heavy (non-hydrogen) atoms. The summed E-state index contributed by atoms with van der Waals surface area (Å²) in [5.41, 5.74) is 2.17. The first-order chi connectivity index (χ1) is 7.24. The van der Waals surface area contributed by atoms with Gasteiger partial charge in [-0.05, 0) is 32.2 Å². The summed E-state index contributed by atoms with van der Waals surface area (Å²) in [4.78, 5) is 5.15. The minimum absolute atomic E-state index is 0.0681. The van der Waals surface area contributed by atoms with Gasteiger partial charge in [-0.3, -0.25) is 9.80 Å². The first kappa shape index (κ1) is 14.9. The van der Waals surface area contributed by atoms with Crippen LogP contribution in [-0.2, 0) is 0 Å². The van der Waals surface area contributed by atoms with Gasteiger partial charge in [0.1, 0.15) is 0 Å². The van der Waals surface area contributed by atoms with Crippen molar-refractivity contribution in [3.63, 3.8) is 0 Å². The van der Waals surface area contributed by atoms with E-state index in [4.69, 9.17) is 0 Å². The van der Waals surface area contributed by atoms with Crippen molar-refractivity contribution >= 4 is 9.52 Å². The molecule has 0 aliphatic carbocycles. The van der Waals surface area contributed by atoms with Gasteiger partial charge in [0, 0.05) is 9.52 Å². The van der Waals surface area contributed by atoms with Gasteiger partial charge in [-0.15, -0.1) is 12.3 Å². The van der Waals surface area contributed by atoms with Crippen molar-refractivity contribution in [2.75, 3.05) is 26.2 Å². The van der Waals surface area contributed by atoms with Gasteiger partial charge in [0.15, 0.2) is 0 Å². The van der Waals surface area contributed by atoms with E-state index in [-0.39, 0.29) is 9.52 Å². The molecule has 0 saturated heterocycles. The van der Waals surface area contributed by atoms with Crippen molar-refractivity contribution in [2.24, 2.45) is 0 Å². The van der Waals surface area contributed by atoms with E-state index in [0.717, 1.165) is 26.2 Å². The second kappa shape index (κ2) is 9.13. The van der Waals surface area contributed by atoms with Crippen LogP contribution in [0.3, 0.4) is 0 Å². The van der Waals surface area contributed by atoms with E-state index in [1.807, 2.05) is 0 Å². The van der Waals surface area contributed by atoms with E-state index in [0.29, 0.717) is 6.17 Å². The normalized spacial score (nSPS) is 12.5. The lowest BCUT2D eigenvalue weighted by Crippen LogP contribution is -2.48. The van der Waals surface area contributed by atoms with Crippen molar-refractivity contribution in [1.29, 1.82) is 0 Å². The Balaban J connectivity index is 4.44. The Labute approximate surface area is 98.2 Å². The lowest BCUT2D eigenvalue weighted by molar-refractivity contribution is 0.0713. The van der Waals surface area contributed by atoms with Crippen LogP contribution in [0.15, 0.2) is 12.3 Å². The molecule has 0 aromatic carbocycles.